The van der Waals surface area contributed by atoms with Crippen molar-refractivity contribution in [2.24, 2.45) is 0 Å². The smallest absolute Gasteiger partial charge is 0.339 e. The molecular weight excluding hydrogens is 797 g/mol. The van der Waals surface area contributed by atoms with Crippen LogP contribution in [0.25, 0.3) is 22.3 Å². The normalized spacial score (nSPS) is 10.3. The minimum atomic E-state index is -1.19. The van der Waals surface area contributed by atoms with Crippen molar-refractivity contribution in [3.63, 3.8) is 0 Å². The molecule has 0 heterocycles. The van der Waals surface area contributed by atoms with Crippen LogP contribution in [0, 0.1) is 0 Å². The number of aromatic hydroxyl groups is 3. The molecule has 0 spiro atoms. The highest BCUT2D eigenvalue weighted by Gasteiger charge is 2.14. The van der Waals surface area contributed by atoms with Gasteiger partial charge < -0.3 is 30.3 Å². The number of aromatic carboxylic acids is 2. The molecule has 52 heavy (non-hydrogen) atoms. The van der Waals surface area contributed by atoms with Gasteiger partial charge in [-0.1, -0.05) is 106 Å². The number of hydrogen-bond donors (Lipinski definition) is 5. The molecule has 0 radical (unpaired) electrons. The molecule has 0 bridgehead atoms. The second-order valence-corrected chi connectivity index (χ2v) is 13.0. The summed E-state index contributed by atoms with van der Waals surface area (Å²) in [6, 6.07) is 31.0. The average molecular weight is 821 g/mol. The van der Waals surface area contributed by atoms with Crippen molar-refractivity contribution in [1.29, 1.82) is 0 Å². The van der Waals surface area contributed by atoms with Crippen molar-refractivity contribution in [1.82, 2.24) is 0 Å². The van der Waals surface area contributed by atoms with E-state index in [1.165, 1.54) is 48.5 Å². The predicted molar refractivity (Wildman–Crippen MR) is 206 cm³/mol. The summed E-state index contributed by atoms with van der Waals surface area (Å²) < 4.78 is 5.51. The molecule has 6 aromatic carbocycles. The highest BCUT2D eigenvalue weighted by Crippen LogP contribution is 2.40. The Morgan fingerprint density at radius 2 is 1.02 bits per heavy atom. The summed E-state index contributed by atoms with van der Waals surface area (Å²) in [6.45, 7) is 0. The number of hydrogen-bond acceptors (Lipinski definition) is 6. The van der Waals surface area contributed by atoms with Gasteiger partial charge in [0.15, 0.2) is 11.5 Å². The maximum Gasteiger partial charge on any atom is 0.339 e. The number of para-hydroxylation sites is 1. The first-order valence-electron chi connectivity index (χ1n) is 14.6. The fraction of sp³-hybridized carbons (Fsp3) is 0. The summed E-state index contributed by atoms with van der Waals surface area (Å²) >= 11 is 35.2. The first kappa shape index (κ1) is 40.0. The lowest BCUT2D eigenvalue weighted by molar-refractivity contribution is 0.0684. The van der Waals surface area contributed by atoms with E-state index >= 15 is 0 Å². The molecule has 266 valence electrons. The summed E-state index contributed by atoms with van der Waals surface area (Å²) in [5.74, 6) is -1.60. The Balaban J connectivity index is 0.000000175. The third-order valence-electron chi connectivity index (χ3n) is 6.90. The summed E-state index contributed by atoms with van der Waals surface area (Å²) in [5, 5.41) is 47.6. The van der Waals surface area contributed by atoms with Crippen LogP contribution < -0.4 is 4.74 Å². The lowest BCUT2D eigenvalue weighted by atomic mass is 10.0. The highest BCUT2D eigenvalue weighted by molar-refractivity contribution is 6.39. The van der Waals surface area contributed by atoms with Crippen LogP contribution in [0.15, 0.2) is 115 Å². The Morgan fingerprint density at radius 3 is 1.52 bits per heavy atom. The van der Waals surface area contributed by atoms with Gasteiger partial charge in [-0.3, -0.25) is 0 Å². The van der Waals surface area contributed by atoms with Crippen molar-refractivity contribution < 1.29 is 39.9 Å². The third-order valence-corrected chi connectivity index (χ3v) is 8.60. The quantitative estimate of drug-likeness (QED) is 0.112. The lowest BCUT2D eigenvalue weighted by Crippen LogP contribution is -1.97. The Labute approximate surface area is 327 Å². The van der Waals surface area contributed by atoms with E-state index in [0.717, 1.165) is 0 Å². The standard InChI is InChI=1S/C13H8Cl2O3.C13H10O3.C12H6Cl4O2/c14-8-2-3-9(11(15)6-8)7-1-4-12(16)10(5-7)13(17)18;14-13(15)10-5-4-8-12(9-10)16-11-6-2-1-3-7-11;13-7-1-5(2-8(14)11(7)17)6-3-9(15)12(18)10(16)4-6/h1-6,16H,(H,17,18);1-9H,(H,14,15);1-4,17-18H. The zero-order valence-corrected chi connectivity index (χ0v) is 30.7. The van der Waals surface area contributed by atoms with Crippen LogP contribution in [0.5, 0.6) is 28.7 Å². The van der Waals surface area contributed by atoms with Crippen molar-refractivity contribution in [3.8, 4) is 51.0 Å². The molecule has 0 aliphatic carbocycles. The molecule has 14 heteroatoms. The minimum Gasteiger partial charge on any atom is -0.507 e. The van der Waals surface area contributed by atoms with Crippen molar-refractivity contribution in [2.45, 2.75) is 0 Å². The number of phenolic OH excluding ortho intramolecular Hbond substituents is 2. The minimum absolute atomic E-state index is 0.123. The molecule has 0 saturated carbocycles. The van der Waals surface area contributed by atoms with Gasteiger partial charge in [-0.25, -0.2) is 9.59 Å². The molecule has 0 aromatic heterocycles. The van der Waals surface area contributed by atoms with E-state index in [2.05, 4.69) is 0 Å². The van der Waals surface area contributed by atoms with E-state index in [9.17, 15) is 24.9 Å². The molecule has 0 aliphatic rings. The average Bonchev–Trinajstić information content (AvgIpc) is 3.10. The first-order chi connectivity index (χ1) is 24.6. The van der Waals surface area contributed by atoms with Gasteiger partial charge in [-0.15, -0.1) is 0 Å². The molecule has 0 saturated heterocycles. The monoisotopic (exact) mass is 818 g/mol. The van der Waals surface area contributed by atoms with Crippen molar-refractivity contribution in [3.05, 3.63) is 157 Å². The van der Waals surface area contributed by atoms with Crippen LogP contribution in [0.3, 0.4) is 0 Å². The molecule has 5 N–H and O–H groups in total. The van der Waals surface area contributed by atoms with Crippen LogP contribution in [-0.2, 0) is 0 Å². The fourth-order valence-electron chi connectivity index (χ4n) is 4.38. The van der Waals surface area contributed by atoms with E-state index in [4.69, 9.17) is 84.6 Å². The number of carbonyl (C=O) groups is 2. The number of halogens is 6. The van der Waals surface area contributed by atoms with Crippen molar-refractivity contribution in [2.75, 3.05) is 0 Å². The zero-order chi connectivity index (χ0) is 38.1. The van der Waals surface area contributed by atoms with E-state index < -0.39 is 11.9 Å². The van der Waals surface area contributed by atoms with Gasteiger partial charge in [0, 0.05) is 15.6 Å². The topological polar surface area (TPSA) is 145 Å². The molecule has 0 amide bonds. The van der Waals surface area contributed by atoms with E-state index in [0.29, 0.717) is 43.8 Å². The van der Waals surface area contributed by atoms with Gasteiger partial charge >= 0.3 is 11.9 Å². The van der Waals surface area contributed by atoms with Gasteiger partial charge in [0.1, 0.15) is 22.8 Å². The highest BCUT2D eigenvalue weighted by atomic mass is 35.5. The van der Waals surface area contributed by atoms with Gasteiger partial charge in [0.2, 0.25) is 0 Å². The molecule has 0 fully saturated rings. The first-order valence-corrected chi connectivity index (χ1v) is 16.9. The molecule has 0 unspecified atom stereocenters. The fourth-order valence-corrected chi connectivity index (χ4v) is 5.87. The zero-order valence-electron chi connectivity index (χ0n) is 26.2. The summed E-state index contributed by atoms with van der Waals surface area (Å²) in [5.41, 5.74) is 2.57. The summed E-state index contributed by atoms with van der Waals surface area (Å²) in [4.78, 5) is 21.7. The third kappa shape index (κ3) is 10.6. The second kappa shape index (κ2) is 18.1. The maximum absolute atomic E-state index is 10.9. The van der Waals surface area contributed by atoms with Gasteiger partial charge in [-0.05, 0) is 95.6 Å². The largest absolute Gasteiger partial charge is 0.507 e. The summed E-state index contributed by atoms with van der Waals surface area (Å²) in [6.07, 6.45) is 0. The number of benzene rings is 6. The number of phenols is 3. The number of carboxylic acid groups (broad SMARTS) is 2. The Hall–Kier alpha value is -4.80. The van der Waals surface area contributed by atoms with E-state index in [-0.39, 0.29) is 48.5 Å². The Kier molecular flexibility index (Phi) is 13.9. The van der Waals surface area contributed by atoms with Gasteiger partial charge in [0.25, 0.3) is 0 Å². The maximum atomic E-state index is 10.9. The van der Waals surface area contributed by atoms with Gasteiger partial charge in [0.05, 0.1) is 25.7 Å². The molecule has 6 aromatic rings. The molecule has 8 nitrogen and oxygen atoms in total. The van der Waals surface area contributed by atoms with E-state index in [1.54, 1.807) is 36.4 Å². The number of carboxylic acids is 2. The van der Waals surface area contributed by atoms with Crippen LogP contribution in [0.4, 0.5) is 0 Å². The predicted octanol–water partition coefficient (Wildman–Crippen LogP) is 12.6. The Morgan fingerprint density at radius 1 is 0.481 bits per heavy atom. The number of rotatable bonds is 6. The lowest BCUT2D eigenvalue weighted by Gasteiger charge is -2.08. The summed E-state index contributed by atoms with van der Waals surface area (Å²) in [7, 11) is 0. The molecular formula is C38H24Cl6O8. The molecule has 0 atom stereocenters. The van der Waals surface area contributed by atoms with Crippen LogP contribution >= 0.6 is 69.6 Å². The van der Waals surface area contributed by atoms with Crippen LogP contribution in [-0.4, -0.2) is 37.5 Å². The molecule has 6 rings (SSSR count). The van der Waals surface area contributed by atoms with Gasteiger partial charge in [-0.2, -0.15) is 0 Å². The van der Waals surface area contributed by atoms with Crippen LogP contribution in [0.1, 0.15) is 20.7 Å². The Bertz CT molecular complexity index is 2140. The van der Waals surface area contributed by atoms with E-state index in [1.807, 2.05) is 30.3 Å². The molecule has 0 aliphatic heterocycles. The SMILES string of the molecule is O=C(O)c1cc(-c2ccc(Cl)cc2Cl)ccc1O.O=C(O)c1cccc(Oc2ccccc2)c1.Oc1c(Cl)cc(-c2cc(Cl)c(O)c(Cl)c2)cc1Cl. The number of ether oxygens (including phenoxy) is 1. The van der Waals surface area contributed by atoms with Crippen LogP contribution in [0.2, 0.25) is 30.1 Å². The second-order valence-electron chi connectivity index (χ2n) is 10.5. The van der Waals surface area contributed by atoms with Crippen molar-refractivity contribution >= 4 is 81.5 Å².